The van der Waals surface area contributed by atoms with E-state index in [0.29, 0.717) is 22.7 Å². The molecular formula is C13H15ClN4S. The van der Waals surface area contributed by atoms with Gasteiger partial charge in [-0.05, 0) is 24.5 Å². The molecule has 2 rings (SSSR count). The van der Waals surface area contributed by atoms with Crippen LogP contribution in [0.15, 0.2) is 28.3 Å². The van der Waals surface area contributed by atoms with E-state index in [2.05, 4.69) is 28.8 Å². The zero-order valence-corrected chi connectivity index (χ0v) is 12.6. The Morgan fingerprint density at radius 3 is 2.58 bits per heavy atom. The van der Waals surface area contributed by atoms with Crippen LogP contribution in [0.25, 0.3) is 0 Å². The molecule has 4 nitrogen and oxygen atoms in total. The van der Waals surface area contributed by atoms with E-state index in [1.54, 1.807) is 12.4 Å². The fourth-order valence-corrected chi connectivity index (χ4v) is 2.91. The van der Waals surface area contributed by atoms with Crippen molar-refractivity contribution in [3.63, 3.8) is 0 Å². The molecule has 0 bridgehead atoms. The first-order chi connectivity index (χ1) is 8.97. The summed E-state index contributed by atoms with van der Waals surface area (Å²) in [6, 6.07) is 1.85. The summed E-state index contributed by atoms with van der Waals surface area (Å²) in [6.45, 7) is 6.04. The second-order valence-electron chi connectivity index (χ2n) is 4.47. The maximum absolute atomic E-state index is 5.97. The average molecular weight is 295 g/mol. The second-order valence-corrected chi connectivity index (χ2v) is 5.94. The van der Waals surface area contributed by atoms with E-state index in [9.17, 15) is 0 Å². The molecule has 2 heterocycles. The molecule has 0 unspecified atom stereocenters. The van der Waals surface area contributed by atoms with Crippen LogP contribution < -0.4 is 5.73 Å². The van der Waals surface area contributed by atoms with Crippen LogP contribution >= 0.6 is 23.4 Å². The molecule has 0 aromatic carbocycles. The van der Waals surface area contributed by atoms with Gasteiger partial charge < -0.3 is 5.73 Å². The summed E-state index contributed by atoms with van der Waals surface area (Å²) >= 11 is 7.48. The van der Waals surface area contributed by atoms with E-state index in [0.717, 1.165) is 15.4 Å². The zero-order valence-electron chi connectivity index (χ0n) is 11.0. The Hall–Kier alpha value is -1.33. The molecule has 0 saturated heterocycles. The van der Waals surface area contributed by atoms with Gasteiger partial charge in [-0.2, -0.15) is 0 Å². The molecule has 100 valence electrons. The van der Waals surface area contributed by atoms with Crippen LogP contribution in [-0.2, 0) is 0 Å². The smallest absolute Gasteiger partial charge is 0.141 e. The van der Waals surface area contributed by atoms with Gasteiger partial charge in [-0.1, -0.05) is 37.2 Å². The molecule has 0 saturated carbocycles. The van der Waals surface area contributed by atoms with E-state index >= 15 is 0 Å². The van der Waals surface area contributed by atoms with Crippen molar-refractivity contribution in [3.8, 4) is 0 Å². The molecule has 0 radical (unpaired) electrons. The van der Waals surface area contributed by atoms with Gasteiger partial charge in [-0.25, -0.2) is 15.0 Å². The van der Waals surface area contributed by atoms with Crippen molar-refractivity contribution in [2.24, 2.45) is 0 Å². The number of hydrogen-bond donors (Lipinski definition) is 1. The maximum Gasteiger partial charge on any atom is 0.141 e. The van der Waals surface area contributed by atoms with E-state index < -0.39 is 0 Å². The van der Waals surface area contributed by atoms with Crippen LogP contribution in [0.5, 0.6) is 0 Å². The van der Waals surface area contributed by atoms with Gasteiger partial charge in [0.15, 0.2) is 0 Å². The highest BCUT2D eigenvalue weighted by Gasteiger charge is 2.12. The lowest BCUT2D eigenvalue weighted by atomic mass is 10.1. The lowest BCUT2D eigenvalue weighted by molar-refractivity contribution is 0.832. The molecule has 2 aromatic rings. The number of rotatable bonds is 3. The molecule has 2 aromatic heterocycles. The third-order valence-corrected chi connectivity index (χ3v) is 3.92. The minimum absolute atomic E-state index is 0.361. The first-order valence-electron chi connectivity index (χ1n) is 5.89. The van der Waals surface area contributed by atoms with Gasteiger partial charge in [-0.15, -0.1) is 0 Å². The maximum atomic E-state index is 5.97. The number of nitrogen functional groups attached to an aromatic ring is 1. The van der Waals surface area contributed by atoms with Crippen molar-refractivity contribution < 1.29 is 0 Å². The average Bonchev–Trinajstić information content (AvgIpc) is 2.32. The highest BCUT2D eigenvalue weighted by molar-refractivity contribution is 7.99. The first-order valence-corrected chi connectivity index (χ1v) is 7.09. The Morgan fingerprint density at radius 1 is 1.21 bits per heavy atom. The van der Waals surface area contributed by atoms with E-state index in [1.807, 2.05) is 13.0 Å². The van der Waals surface area contributed by atoms with Gasteiger partial charge in [0, 0.05) is 17.3 Å². The zero-order chi connectivity index (χ0) is 14.0. The molecule has 0 aliphatic rings. The molecule has 0 atom stereocenters. The van der Waals surface area contributed by atoms with Crippen LogP contribution in [0.4, 0.5) is 5.82 Å². The third kappa shape index (κ3) is 3.36. The highest BCUT2D eigenvalue weighted by Crippen LogP contribution is 2.36. The van der Waals surface area contributed by atoms with Crippen LogP contribution in [0.1, 0.15) is 31.2 Å². The Morgan fingerprint density at radius 2 is 1.95 bits per heavy atom. The molecule has 0 aliphatic heterocycles. The fraction of sp³-hybridized carbons (Fsp3) is 0.308. The van der Waals surface area contributed by atoms with Crippen molar-refractivity contribution in [2.75, 3.05) is 5.73 Å². The number of pyridine rings is 1. The summed E-state index contributed by atoms with van der Waals surface area (Å²) < 4.78 is 0. The van der Waals surface area contributed by atoms with Crippen molar-refractivity contribution in [2.45, 2.75) is 36.5 Å². The van der Waals surface area contributed by atoms with Gasteiger partial charge in [0.25, 0.3) is 0 Å². The number of anilines is 1. The third-order valence-electron chi connectivity index (χ3n) is 2.61. The van der Waals surface area contributed by atoms with Crippen LogP contribution in [0.3, 0.4) is 0 Å². The van der Waals surface area contributed by atoms with E-state index in [4.69, 9.17) is 17.3 Å². The van der Waals surface area contributed by atoms with E-state index in [1.165, 1.54) is 11.8 Å². The monoisotopic (exact) mass is 294 g/mol. The minimum Gasteiger partial charge on any atom is -0.383 e. The van der Waals surface area contributed by atoms with Gasteiger partial charge in [0.2, 0.25) is 0 Å². The van der Waals surface area contributed by atoms with Crippen molar-refractivity contribution >= 4 is 29.2 Å². The molecule has 19 heavy (non-hydrogen) atoms. The Balaban J connectivity index is 2.39. The summed E-state index contributed by atoms with van der Waals surface area (Å²) in [5.41, 5.74) is 7.05. The summed E-state index contributed by atoms with van der Waals surface area (Å²) in [6.07, 6.45) is 3.54. The summed E-state index contributed by atoms with van der Waals surface area (Å²) in [4.78, 5) is 14.3. The first kappa shape index (κ1) is 14.1. The van der Waals surface area contributed by atoms with Crippen LogP contribution in [0.2, 0.25) is 5.15 Å². The molecule has 0 fully saturated rings. The van der Waals surface area contributed by atoms with Crippen molar-refractivity contribution in [1.82, 2.24) is 15.0 Å². The van der Waals surface area contributed by atoms with Crippen LogP contribution in [0, 0.1) is 6.92 Å². The Kier molecular flexibility index (Phi) is 4.27. The number of nitrogens with zero attached hydrogens (tertiary/aromatic N) is 3. The predicted octanol–water partition coefficient (Wildman–Crippen LogP) is 3.69. The van der Waals surface area contributed by atoms with Gasteiger partial charge in [0.1, 0.15) is 16.8 Å². The standard InChI is InChI=1S/C13H15ClN4S/c1-7(2)9-5-17-12(14)4-10(9)19-11-6-16-8(3)18-13(11)15/h4-7H,1-3H3,(H2,15,16,18). The van der Waals surface area contributed by atoms with Gasteiger partial charge in [0.05, 0.1) is 4.90 Å². The number of aryl methyl sites for hydroxylation is 1. The lowest BCUT2D eigenvalue weighted by Gasteiger charge is -2.12. The molecule has 0 amide bonds. The second kappa shape index (κ2) is 5.75. The summed E-state index contributed by atoms with van der Waals surface area (Å²) in [7, 11) is 0. The molecule has 0 aliphatic carbocycles. The van der Waals surface area contributed by atoms with E-state index in [-0.39, 0.29) is 0 Å². The fourth-order valence-electron chi connectivity index (χ4n) is 1.62. The SMILES string of the molecule is Cc1ncc(Sc2cc(Cl)ncc2C(C)C)c(N)n1. The summed E-state index contributed by atoms with van der Waals surface area (Å²) in [5.74, 6) is 1.51. The highest BCUT2D eigenvalue weighted by atomic mass is 35.5. The van der Waals surface area contributed by atoms with Crippen molar-refractivity contribution in [3.05, 3.63) is 35.0 Å². The quantitative estimate of drug-likeness (QED) is 0.875. The summed E-state index contributed by atoms with van der Waals surface area (Å²) in [5, 5.41) is 0.471. The van der Waals surface area contributed by atoms with Gasteiger partial charge >= 0.3 is 0 Å². The van der Waals surface area contributed by atoms with Gasteiger partial charge in [-0.3, -0.25) is 0 Å². The Labute approximate surface area is 121 Å². The number of aromatic nitrogens is 3. The lowest BCUT2D eigenvalue weighted by Crippen LogP contribution is -1.98. The predicted molar refractivity (Wildman–Crippen MR) is 78.6 cm³/mol. The van der Waals surface area contributed by atoms with Crippen molar-refractivity contribution in [1.29, 1.82) is 0 Å². The molecular weight excluding hydrogens is 280 g/mol. The normalized spacial score (nSPS) is 11.0. The molecule has 6 heteroatoms. The van der Waals surface area contributed by atoms with Crippen LogP contribution in [-0.4, -0.2) is 15.0 Å². The minimum atomic E-state index is 0.361. The molecule has 2 N–H and O–H groups in total. The number of nitrogens with two attached hydrogens (primary N) is 1. The Bertz CT molecular complexity index is 601. The number of hydrogen-bond acceptors (Lipinski definition) is 5. The number of halogens is 1. The molecule has 0 spiro atoms. The topological polar surface area (TPSA) is 64.7 Å². The largest absolute Gasteiger partial charge is 0.383 e.